The molecule has 1 fully saturated rings. The molecule has 0 spiro atoms. The molecule has 1 aromatic heterocycles. The highest BCUT2D eigenvalue weighted by atomic mass is 32.1. The zero-order valence-electron chi connectivity index (χ0n) is 17.3. The maximum atomic E-state index is 12.8. The van der Waals surface area contributed by atoms with E-state index in [-0.39, 0.29) is 12.5 Å². The monoisotopic (exact) mass is 421 g/mol. The van der Waals surface area contributed by atoms with Crippen LogP contribution >= 0.6 is 11.3 Å². The van der Waals surface area contributed by atoms with Crippen molar-refractivity contribution in [2.45, 2.75) is 19.8 Å². The fourth-order valence-corrected chi connectivity index (χ4v) is 4.54. The molecule has 1 aliphatic rings. The fourth-order valence-electron chi connectivity index (χ4n) is 3.68. The Bertz CT molecular complexity index is 973. The van der Waals surface area contributed by atoms with Gasteiger partial charge in [0.1, 0.15) is 5.75 Å². The molecule has 2 heterocycles. The fraction of sp³-hybridized carbons (Fsp3) is 0.333. The Hall–Kier alpha value is -2.86. The van der Waals surface area contributed by atoms with E-state index in [9.17, 15) is 4.79 Å². The molecule has 0 N–H and O–H groups in total. The number of carbonyl (C=O) groups is 1. The lowest BCUT2D eigenvalue weighted by Crippen LogP contribution is -2.38. The number of ether oxygens (including phenoxy) is 1. The van der Waals surface area contributed by atoms with Gasteiger partial charge in [0.05, 0.1) is 5.69 Å². The molecule has 0 saturated carbocycles. The highest BCUT2D eigenvalue weighted by Gasteiger charge is 2.21. The van der Waals surface area contributed by atoms with Gasteiger partial charge in [0.15, 0.2) is 11.7 Å². The number of hydrogen-bond acceptors (Lipinski definition) is 5. The molecule has 3 aromatic rings. The first-order chi connectivity index (χ1) is 14.7. The van der Waals surface area contributed by atoms with E-state index in [0.29, 0.717) is 6.54 Å². The number of benzene rings is 2. The molecule has 0 atom stereocenters. The Kier molecular flexibility index (Phi) is 6.64. The van der Waals surface area contributed by atoms with E-state index in [0.717, 1.165) is 54.6 Å². The zero-order chi connectivity index (χ0) is 20.8. The first-order valence-corrected chi connectivity index (χ1v) is 11.3. The quantitative estimate of drug-likeness (QED) is 0.600. The van der Waals surface area contributed by atoms with Crippen LogP contribution in [-0.2, 0) is 11.2 Å². The standard InChI is InChI=1S/C24H27N3O2S/c1-19-18-30-24(25-19)27-13-7-12-26(14-15-27)23(28)17-29-22-11-6-5-10-21(22)16-20-8-3-2-4-9-20/h2-6,8-11,18H,7,12-17H2,1H3. The second-order valence-electron chi connectivity index (χ2n) is 7.55. The second-order valence-corrected chi connectivity index (χ2v) is 8.39. The van der Waals surface area contributed by atoms with Gasteiger partial charge in [-0.1, -0.05) is 48.5 Å². The summed E-state index contributed by atoms with van der Waals surface area (Å²) in [6, 6.07) is 18.3. The largest absolute Gasteiger partial charge is 0.483 e. The Balaban J connectivity index is 1.34. The van der Waals surface area contributed by atoms with Gasteiger partial charge in [0.25, 0.3) is 5.91 Å². The minimum absolute atomic E-state index is 0.0432. The van der Waals surface area contributed by atoms with Crippen LogP contribution in [-0.4, -0.2) is 48.6 Å². The minimum Gasteiger partial charge on any atom is -0.483 e. The lowest BCUT2D eigenvalue weighted by molar-refractivity contribution is -0.133. The van der Waals surface area contributed by atoms with Crippen molar-refractivity contribution in [3.63, 3.8) is 0 Å². The Labute approximate surface area is 181 Å². The number of anilines is 1. The highest BCUT2D eigenvalue weighted by Crippen LogP contribution is 2.23. The number of carbonyl (C=O) groups excluding carboxylic acids is 1. The van der Waals surface area contributed by atoms with Crippen LogP contribution in [0.25, 0.3) is 0 Å². The summed E-state index contributed by atoms with van der Waals surface area (Å²) in [7, 11) is 0. The van der Waals surface area contributed by atoms with E-state index < -0.39 is 0 Å². The van der Waals surface area contributed by atoms with Crippen molar-refractivity contribution in [1.82, 2.24) is 9.88 Å². The van der Waals surface area contributed by atoms with Gasteiger partial charge in [-0.25, -0.2) is 4.98 Å². The first-order valence-electron chi connectivity index (χ1n) is 10.4. The van der Waals surface area contributed by atoms with Gasteiger partial charge in [-0.3, -0.25) is 4.79 Å². The Morgan fingerprint density at radius 1 is 1.03 bits per heavy atom. The lowest BCUT2D eigenvalue weighted by Gasteiger charge is -2.22. The molecular formula is C24H27N3O2S. The van der Waals surface area contributed by atoms with Crippen molar-refractivity contribution in [2.75, 3.05) is 37.7 Å². The van der Waals surface area contributed by atoms with Gasteiger partial charge >= 0.3 is 0 Å². The van der Waals surface area contributed by atoms with Crippen LogP contribution in [0.15, 0.2) is 60.0 Å². The average molecular weight is 422 g/mol. The molecule has 5 nitrogen and oxygen atoms in total. The average Bonchev–Trinajstić information content (AvgIpc) is 3.05. The summed E-state index contributed by atoms with van der Waals surface area (Å²) < 4.78 is 5.96. The molecule has 4 rings (SSSR count). The van der Waals surface area contributed by atoms with E-state index in [4.69, 9.17) is 4.74 Å². The van der Waals surface area contributed by atoms with Crippen molar-refractivity contribution in [3.8, 4) is 5.75 Å². The number of nitrogens with zero attached hydrogens (tertiary/aromatic N) is 3. The van der Waals surface area contributed by atoms with Crippen LogP contribution in [0.3, 0.4) is 0 Å². The predicted octanol–water partition coefficient (Wildman–Crippen LogP) is 4.16. The van der Waals surface area contributed by atoms with E-state index >= 15 is 0 Å². The summed E-state index contributed by atoms with van der Waals surface area (Å²) in [5, 5.41) is 3.12. The van der Waals surface area contributed by atoms with Crippen LogP contribution < -0.4 is 9.64 Å². The van der Waals surface area contributed by atoms with Crippen LogP contribution in [0.5, 0.6) is 5.75 Å². The van der Waals surface area contributed by atoms with E-state index in [1.165, 1.54) is 5.56 Å². The first kappa shape index (κ1) is 20.4. The second kappa shape index (κ2) is 9.76. The summed E-state index contributed by atoms with van der Waals surface area (Å²) in [5.41, 5.74) is 3.37. The number of thiazole rings is 1. The van der Waals surface area contributed by atoms with Gasteiger partial charge in [-0.2, -0.15) is 0 Å². The summed E-state index contributed by atoms with van der Waals surface area (Å²) in [4.78, 5) is 21.6. The van der Waals surface area contributed by atoms with Crippen molar-refractivity contribution >= 4 is 22.4 Å². The Morgan fingerprint density at radius 3 is 2.63 bits per heavy atom. The smallest absolute Gasteiger partial charge is 0.260 e. The normalized spacial score (nSPS) is 14.4. The summed E-state index contributed by atoms with van der Waals surface area (Å²) in [6.07, 6.45) is 1.73. The van der Waals surface area contributed by atoms with Gasteiger partial charge in [-0.15, -0.1) is 11.3 Å². The maximum Gasteiger partial charge on any atom is 0.260 e. The van der Waals surface area contributed by atoms with Gasteiger partial charge in [0, 0.05) is 38.0 Å². The number of rotatable bonds is 6. The zero-order valence-corrected chi connectivity index (χ0v) is 18.1. The molecular weight excluding hydrogens is 394 g/mol. The number of para-hydroxylation sites is 1. The minimum atomic E-state index is 0.0432. The molecule has 0 unspecified atom stereocenters. The van der Waals surface area contributed by atoms with E-state index in [2.05, 4.69) is 33.5 Å². The maximum absolute atomic E-state index is 12.8. The predicted molar refractivity (Wildman–Crippen MR) is 121 cm³/mol. The third-order valence-corrected chi connectivity index (χ3v) is 6.31. The van der Waals surface area contributed by atoms with E-state index in [1.54, 1.807) is 11.3 Å². The number of aryl methyl sites for hydroxylation is 1. The van der Waals surface area contributed by atoms with Crippen molar-refractivity contribution in [1.29, 1.82) is 0 Å². The molecule has 0 aliphatic carbocycles. The van der Waals surface area contributed by atoms with Gasteiger partial charge < -0.3 is 14.5 Å². The van der Waals surface area contributed by atoms with Crippen LogP contribution in [0.4, 0.5) is 5.13 Å². The molecule has 1 saturated heterocycles. The van der Waals surface area contributed by atoms with E-state index in [1.807, 2.05) is 48.2 Å². The highest BCUT2D eigenvalue weighted by molar-refractivity contribution is 7.13. The van der Waals surface area contributed by atoms with Crippen molar-refractivity contribution < 1.29 is 9.53 Å². The molecule has 156 valence electrons. The molecule has 6 heteroatoms. The summed E-state index contributed by atoms with van der Waals surface area (Å²) >= 11 is 1.67. The third kappa shape index (κ3) is 5.19. The van der Waals surface area contributed by atoms with Gasteiger partial charge in [-0.05, 0) is 30.5 Å². The number of hydrogen-bond donors (Lipinski definition) is 0. The van der Waals surface area contributed by atoms with Crippen LogP contribution in [0.2, 0.25) is 0 Å². The van der Waals surface area contributed by atoms with Crippen LogP contribution in [0.1, 0.15) is 23.2 Å². The van der Waals surface area contributed by atoms with Gasteiger partial charge in [0.2, 0.25) is 0 Å². The molecule has 1 aliphatic heterocycles. The molecule has 1 amide bonds. The summed E-state index contributed by atoms with van der Waals surface area (Å²) in [5.74, 6) is 0.825. The third-order valence-electron chi connectivity index (χ3n) is 5.29. The van der Waals surface area contributed by atoms with Crippen molar-refractivity contribution in [2.24, 2.45) is 0 Å². The van der Waals surface area contributed by atoms with Crippen molar-refractivity contribution in [3.05, 3.63) is 76.8 Å². The number of amides is 1. The van der Waals surface area contributed by atoms with Crippen LogP contribution in [0, 0.1) is 6.92 Å². The number of aromatic nitrogens is 1. The Morgan fingerprint density at radius 2 is 1.83 bits per heavy atom. The lowest BCUT2D eigenvalue weighted by atomic mass is 10.0. The molecule has 0 radical (unpaired) electrons. The summed E-state index contributed by atoms with van der Waals surface area (Å²) in [6.45, 7) is 5.28. The molecule has 0 bridgehead atoms. The topological polar surface area (TPSA) is 45.7 Å². The SMILES string of the molecule is Cc1csc(N2CCCN(C(=O)COc3ccccc3Cc3ccccc3)CC2)n1. The molecule has 2 aromatic carbocycles. The molecule has 30 heavy (non-hydrogen) atoms.